The Bertz CT molecular complexity index is 1500. The molecule has 0 radical (unpaired) electrons. The summed E-state index contributed by atoms with van der Waals surface area (Å²) in [6, 6.07) is 16.2. The van der Waals surface area contributed by atoms with E-state index in [9.17, 15) is 9.59 Å². The molecule has 1 aliphatic rings. The third kappa shape index (κ3) is 8.68. The van der Waals surface area contributed by atoms with Gasteiger partial charge < -0.3 is 20.1 Å². The first kappa shape index (κ1) is 35.4. The van der Waals surface area contributed by atoms with Gasteiger partial charge in [-0.2, -0.15) is 0 Å². The molecule has 1 amide bonds. The van der Waals surface area contributed by atoms with Crippen molar-refractivity contribution in [2.24, 2.45) is 0 Å². The zero-order valence-corrected chi connectivity index (χ0v) is 29.6. The van der Waals surface area contributed by atoms with Crippen LogP contribution in [0, 0.1) is 20.8 Å². The van der Waals surface area contributed by atoms with Gasteiger partial charge in [-0.05, 0) is 139 Å². The molecule has 0 spiro atoms. The van der Waals surface area contributed by atoms with E-state index in [4.69, 9.17) is 0 Å². The standard InChI is InChI=1S/C39H57N5O2/c1-9-20-43(21-10-2)26-30-12-14-31(15-13-30)32-23-35(38(45)40-25-36-27(4)22-28(5)41-39(36)46)29(6)37(24-32)44(11-3)34-18-16-33(17-19-34)42(7)8/h12-15,22-24,33-34H,9-11,16-21,25-26H2,1-8H3,(H,40,45)(H,41,46)/t33-,34-. The third-order valence-electron chi connectivity index (χ3n) is 9.80. The Labute approximate surface area is 277 Å². The van der Waals surface area contributed by atoms with Crippen molar-refractivity contribution in [3.8, 4) is 11.1 Å². The zero-order valence-electron chi connectivity index (χ0n) is 29.6. The summed E-state index contributed by atoms with van der Waals surface area (Å²) in [7, 11) is 4.37. The lowest BCUT2D eigenvalue weighted by Crippen LogP contribution is -2.42. The topological polar surface area (TPSA) is 71.7 Å². The summed E-state index contributed by atoms with van der Waals surface area (Å²) in [5, 5.41) is 3.08. The molecule has 0 bridgehead atoms. The summed E-state index contributed by atoms with van der Waals surface area (Å²) in [6.07, 6.45) is 6.93. The predicted molar refractivity (Wildman–Crippen MR) is 193 cm³/mol. The maximum absolute atomic E-state index is 13.9. The number of amides is 1. The molecule has 2 aromatic carbocycles. The van der Waals surface area contributed by atoms with Crippen molar-refractivity contribution in [3.63, 3.8) is 0 Å². The number of anilines is 1. The van der Waals surface area contributed by atoms with Crippen molar-refractivity contribution in [3.05, 3.63) is 86.3 Å². The van der Waals surface area contributed by atoms with Crippen LogP contribution in [0.2, 0.25) is 0 Å². The van der Waals surface area contributed by atoms with E-state index < -0.39 is 0 Å². The fourth-order valence-electron chi connectivity index (χ4n) is 7.24. The minimum absolute atomic E-state index is 0.147. The van der Waals surface area contributed by atoms with Gasteiger partial charge in [-0.25, -0.2) is 0 Å². The normalized spacial score (nSPS) is 16.7. The number of hydrogen-bond acceptors (Lipinski definition) is 5. The van der Waals surface area contributed by atoms with Gasteiger partial charge in [0.1, 0.15) is 0 Å². The van der Waals surface area contributed by atoms with Gasteiger partial charge in [0, 0.05) is 54.2 Å². The lowest BCUT2D eigenvalue weighted by molar-refractivity contribution is 0.0950. The first-order valence-corrected chi connectivity index (χ1v) is 17.4. The minimum Gasteiger partial charge on any atom is -0.369 e. The van der Waals surface area contributed by atoms with Crippen LogP contribution in [0.5, 0.6) is 0 Å². The van der Waals surface area contributed by atoms with Crippen molar-refractivity contribution < 1.29 is 4.79 Å². The highest BCUT2D eigenvalue weighted by molar-refractivity contribution is 5.99. The SMILES string of the molecule is CCCN(CCC)Cc1ccc(-c2cc(C(=O)NCc3c(C)cc(C)[nH]c3=O)c(C)c(N(CC)[C@H]3CC[C@H](N(C)C)CC3)c2)cc1. The number of carbonyl (C=O) groups is 1. The summed E-state index contributed by atoms with van der Waals surface area (Å²) < 4.78 is 0. The Hall–Kier alpha value is -3.42. The highest BCUT2D eigenvalue weighted by Crippen LogP contribution is 2.36. The molecular weight excluding hydrogens is 570 g/mol. The Balaban J connectivity index is 1.69. The molecule has 1 fully saturated rings. The molecule has 0 aliphatic heterocycles. The molecule has 3 aromatic rings. The fraction of sp³-hybridized carbons (Fsp3) is 0.538. The van der Waals surface area contributed by atoms with E-state index in [0.717, 1.165) is 85.5 Å². The van der Waals surface area contributed by atoms with Crippen LogP contribution >= 0.6 is 0 Å². The van der Waals surface area contributed by atoms with Crippen LogP contribution in [0.15, 0.2) is 47.3 Å². The molecule has 4 rings (SSSR count). The van der Waals surface area contributed by atoms with Gasteiger partial charge in [-0.15, -0.1) is 0 Å². The van der Waals surface area contributed by atoms with E-state index in [1.54, 1.807) is 0 Å². The van der Waals surface area contributed by atoms with E-state index in [-0.39, 0.29) is 18.0 Å². The van der Waals surface area contributed by atoms with Crippen LogP contribution in [0.4, 0.5) is 5.69 Å². The lowest BCUT2D eigenvalue weighted by Gasteiger charge is -2.40. The first-order valence-electron chi connectivity index (χ1n) is 17.4. The number of benzene rings is 2. The summed E-state index contributed by atoms with van der Waals surface area (Å²) >= 11 is 0. The van der Waals surface area contributed by atoms with E-state index in [2.05, 4.69) is 97.1 Å². The first-order chi connectivity index (χ1) is 22.1. The second-order valence-electron chi connectivity index (χ2n) is 13.5. The highest BCUT2D eigenvalue weighted by Gasteiger charge is 2.28. The summed E-state index contributed by atoms with van der Waals surface area (Å²) in [5.74, 6) is -0.154. The Kier molecular flexibility index (Phi) is 12.6. The molecule has 1 heterocycles. The van der Waals surface area contributed by atoms with Crippen molar-refractivity contribution in [2.45, 2.75) is 105 Å². The van der Waals surface area contributed by atoms with Gasteiger partial charge in [0.15, 0.2) is 0 Å². The quantitative estimate of drug-likeness (QED) is 0.198. The molecule has 0 unspecified atom stereocenters. The maximum atomic E-state index is 13.9. The van der Waals surface area contributed by atoms with Gasteiger partial charge in [0.05, 0.1) is 0 Å². The number of nitrogens with one attached hydrogen (secondary N) is 2. The summed E-state index contributed by atoms with van der Waals surface area (Å²) in [5.41, 5.74) is 8.38. The number of aromatic nitrogens is 1. The summed E-state index contributed by atoms with van der Waals surface area (Å²) in [4.78, 5) is 36.9. The molecule has 1 aliphatic carbocycles. The van der Waals surface area contributed by atoms with Gasteiger partial charge in [-0.3, -0.25) is 14.5 Å². The number of aromatic amines is 1. The van der Waals surface area contributed by atoms with Crippen molar-refractivity contribution >= 4 is 11.6 Å². The number of hydrogen-bond donors (Lipinski definition) is 2. The number of rotatable bonds is 14. The van der Waals surface area contributed by atoms with Crippen LogP contribution in [0.1, 0.15) is 97.6 Å². The average molecular weight is 628 g/mol. The smallest absolute Gasteiger partial charge is 0.253 e. The number of aryl methyl sites for hydroxylation is 2. The second-order valence-corrected chi connectivity index (χ2v) is 13.5. The molecule has 1 aromatic heterocycles. The van der Waals surface area contributed by atoms with Crippen LogP contribution in [0.25, 0.3) is 11.1 Å². The molecule has 7 heteroatoms. The monoisotopic (exact) mass is 627 g/mol. The van der Waals surface area contributed by atoms with Gasteiger partial charge in [-0.1, -0.05) is 38.1 Å². The van der Waals surface area contributed by atoms with E-state index in [0.29, 0.717) is 23.2 Å². The zero-order chi connectivity index (χ0) is 33.4. The fourth-order valence-corrected chi connectivity index (χ4v) is 7.24. The van der Waals surface area contributed by atoms with E-state index in [1.807, 2.05) is 26.0 Å². The van der Waals surface area contributed by atoms with E-state index >= 15 is 0 Å². The molecule has 2 N–H and O–H groups in total. The van der Waals surface area contributed by atoms with Gasteiger partial charge >= 0.3 is 0 Å². The molecule has 46 heavy (non-hydrogen) atoms. The average Bonchev–Trinajstić information content (AvgIpc) is 3.02. The van der Waals surface area contributed by atoms with Crippen LogP contribution in [-0.2, 0) is 13.1 Å². The summed E-state index contributed by atoms with van der Waals surface area (Å²) in [6.45, 7) is 16.8. The van der Waals surface area contributed by atoms with Crippen molar-refractivity contribution in [1.29, 1.82) is 0 Å². The van der Waals surface area contributed by atoms with Crippen LogP contribution < -0.4 is 15.8 Å². The molecule has 0 atom stereocenters. The molecular formula is C39H57N5O2. The third-order valence-corrected chi connectivity index (χ3v) is 9.80. The second kappa shape index (κ2) is 16.4. The van der Waals surface area contributed by atoms with Crippen LogP contribution in [0.3, 0.4) is 0 Å². The lowest BCUT2D eigenvalue weighted by atomic mass is 9.88. The molecule has 1 saturated carbocycles. The Morgan fingerprint density at radius 1 is 0.870 bits per heavy atom. The number of carbonyl (C=O) groups excluding carboxylic acids is 1. The minimum atomic E-state index is -0.154. The number of nitrogens with zero attached hydrogens (tertiary/aromatic N) is 3. The van der Waals surface area contributed by atoms with Crippen LogP contribution in [-0.4, -0.2) is 66.5 Å². The predicted octanol–water partition coefficient (Wildman–Crippen LogP) is 7.22. The Morgan fingerprint density at radius 3 is 2.07 bits per heavy atom. The maximum Gasteiger partial charge on any atom is 0.253 e. The number of H-pyrrole nitrogens is 1. The van der Waals surface area contributed by atoms with Crippen molar-refractivity contribution in [1.82, 2.24) is 20.1 Å². The Morgan fingerprint density at radius 2 is 1.50 bits per heavy atom. The molecule has 250 valence electrons. The van der Waals surface area contributed by atoms with Gasteiger partial charge in [0.25, 0.3) is 11.5 Å². The highest BCUT2D eigenvalue weighted by atomic mass is 16.1. The molecule has 0 saturated heterocycles. The van der Waals surface area contributed by atoms with E-state index in [1.165, 1.54) is 18.4 Å². The van der Waals surface area contributed by atoms with Crippen molar-refractivity contribution in [2.75, 3.05) is 38.6 Å². The largest absolute Gasteiger partial charge is 0.369 e. The van der Waals surface area contributed by atoms with Gasteiger partial charge in [0.2, 0.25) is 0 Å². The molecule has 7 nitrogen and oxygen atoms in total. The number of pyridine rings is 1.